The first-order chi connectivity index (χ1) is 10.2. The highest BCUT2D eigenvalue weighted by atomic mass is 16.2. The van der Waals surface area contributed by atoms with E-state index in [9.17, 15) is 9.59 Å². The van der Waals surface area contributed by atoms with Gasteiger partial charge in [-0.25, -0.2) is 4.68 Å². The fraction of sp³-hybridized carbons (Fsp3) is 0.0588. The fourth-order valence-electron chi connectivity index (χ4n) is 2.33. The molecule has 0 saturated heterocycles. The van der Waals surface area contributed by atoms with Gasteiger partial charge in [-0.05, 0) is 12.1 Å². The number of benzene rings is 2. The molecule has 0 N–H and O–H groups in total. The third kappa shape index (κ3) is 2.31. The van der Waals surface area contributed by atoms with Crippen molar-refractivity contribution in [1.82, 2.24) is 9.36 Å². The van der Waals surface area contributed by atoms with Gasteiger partial charge in [0.2, 0.25) is 0 Å². The third-order valence-corrected chi connectivity index (χ3v) is 3.34. The number of carbonyl (C=O) groups excluding carboxylic acids is 1. The monoisotopic (exact) mass is 278 g/mol. The van der Waals surface area contributed by atoms with Gasteiger partial charge in [0.05, 0.1) is 5.69 Å². The van der Waals surface area contributed by atoms with Gasteiger partial charge in [-0.1, -0.05) is 48.5 Å². The third-order valence-electron chi connectivity index (χ3n) is 3.34. The van der Waals surface area contributed by atoms with Crippen LogP contribution in [0.25, 0.3) is 5.69 Å². The molecular weight excluding hydrogens is 264 g/mol. The molecule has 2 aromatic carbocycles. The van der Waals surface area contributed by atoms with E-state index in [2.05, 4.69) is 0 Å². The molecule has 0 aliphatic rings. The number of hydrogen-bond donors (Lipinski definition) is 0. The molecule has 1 heterocycles. The molecule has 0 radical (unpaired) electrons. The van der Waals surface area contributed by atoms with Crippen molar-refractivity contribution in [1.29, 1.82) is 0 Å². The summed E-state index contributed by atoms with van der Waals surface area (Å²) in [5, 5.41) is 0. The Labute approximate surface area is 121 Å². The number of rotatable bonds is 3. The van der Waals surface area contributed by atoms with Crippen LogP contribution in [0.5, 0.6) is 0 Å². The normalized spacial score (nSPS) is 10.5. The summed E-state index contributed by atoms with van der Waals surface area (Å²) in [5.41, 5.74) is 1.11. The van der Waals surface area contributed by atoms with Crippen LogP contribution >= 0.6 is 0 Å². The molecule has 4 nitrogen and oxygen atoms in total. The Hall–Kier alpha value is -2.88. The summed E-state index contributed by atoms with van der Waals surface area (Å²) in [4.78, 5) is 25.0. The van der Waals surface area contributed by atoms with Crippen molar-refractivity contribution < 1.29 is 4.79 Å². The Bertz CT molecular complexity index is 830. The smallest absolute Gasteiger partial charge is 0.282 e. The molecular formula is C17H14N2O2. The molecule has 0 aliphatic heterocycles. The van der Waals surface area contributed by atoms with Crippen LogP contribution in [0, 0.1) is 0 Å². The van der Waals surface area contributed by atoms with E-state index in [1.165, 1.54) is 4.68 Å². The predicted molar refractivity (Wildman–Crippen MR) is 80.9 cm³/mol. The summed E-state index contributed by atoms with van der Waals surface area (Å²) >= 11 is 0. The molecule has 1 aromatic heterocycles. The van der Waals surface area contributed by atoms with Crippen LogP contribution in [0.15, 0.2) is 71.7 Å². The van der Waals surface area contributed by atoms with Crippen LogP contribution in [0.1, 0.15) is 15.9 Å². The maximum atomic E-state index is 12.5. The van der Waals surface area contributed by atoms with Crippen molar-refractivity contribution in [2.45, 2.75) is 0 Å². The predicted octanol–water partition coefficient (Wildman–Crippen LogP) is 2.41. The van der Waals surface area contributed by atoms with Crippen molar-refractivity contribution in [3.63, 3.8) is 0 Å². The maximum absolute atomic E-state index is 12.5. The lowest BCUT2D eigenvalue weighted by molar-refractivity contribution is 0.103. The minimum atomic E-state index is -0.308. The molecule has 0 fully saturated rings. The van der Waals surface area contributed by atoms with Crippen LogP contribution in [-0.2, 0) is 7.05 Å². The van der Waals surface area contributed by atoms with E-state index in [0.717, 1.165) is 5.69 Å². The van der Waals surface area contributed by atoms with E-state index in [1.807, 2.05) is 36.4 Å². The van der Waals surface area contributed by atoms with Crippen LogP contribution in [0.3, 0.4) is 0 Å². The van der Waals surface area contributed by atoms with E-state index in [4.69, 9.17) is 0 Å². The Balaban J connectivity index is 2.11. The summed E-state index contributed by atoms with van der Waals surface area (Å²) in [7, 11) is 1.75. The van der Waals surface area contributed by atoms with E-state index in [0.29, 0.717) is 5.56 Å². The Morgan fingerprint density at radius 2 is 1.48 bits per heavy atom. The van der Waals surface area contributed by atoms with E-state index < -0.39 is 0 Å². The van der Waals surface area contributed by atoms with E-state index >= 15 is 0 Å². The molecule has 4 heteroatoms. The van der Waals surface area contributed by atoms with Gasteiger partial charge >= 0.3 is 0 Å². The van der Waals surface area contributed by atoms with Crippen LogP contribution in [0.2, 0.25) is 0 Å². The topological polar surface area (TPSA) is 44.0 Å². The van der Waals surface area contributed by atoms with E-state index in [1.54, 1.807) is 42.2 Å². The molecule has 0 aliphatic carbocycles. The number of nitrogens with zero attached hydrogens (tertiary/aromatic N) is 2. The van der Waals surface area contributed by atoms with Gasteiger partial charge in [-0.15, -0.1) is 0 Å². The van der Waals surface area contributed by atoms with Crippen molar-refractivity contribution in [3.05, 3.63) is 88.3 Å². The average Bonchev–Trinajstić information content (AvgIpc) is 2.83. The lowest BCUT2D eigenvalue weighted by Gasteiger charge is -2.05. The largest absolute Gasteiger partial charge is 0.288 e. The van der Waals surface area contributed by atoms with Crippen LogP contribution in [-0.4, -0.2) is 15.1 Å². The first-order valence-corrected chi connectivity index (χ1v) is 6.62. The van der Waals surface area contributed by atoms with Gasteiger partial charge < -0.3 is 0 Å². The quantitative estimate of drug-likeness (QED) is 0.691. The zero-order valence-electron chi connectivity index (χ0n) is 11.6. The van der Waals surface area contributed by atoms with Gasteiger partial charge in [0.15, 0.2) is 5.78 Å². The number of para-hydroxylation sites is 1. The molecule has 0 saturated carbocycles. The van der Waals surface area contributed by atoms with Crippen molar-refractivity contribution >= 4 is 5.78 Å². The first-order valence-electron chi connectivity index (χ1n) is 6.62. The van der Waals surface area contributed by atoms with Crippen molar-refractivity contribution in [2.75, 3.05) is 0 Å². The number of aromatic nitrogens is 2. The molecule has 3 rings (SSSR count). The average molecular weight is 278 g/mol. The highest BCUT2D eigenvalue weighted by Gasteiger charge is 2.18. The van der Waals surface area contributed by atoms with Crippen LogP contribution < -0.4 is 5.56 Å². The summed E-state index contributed by atoms with van der Waals surface area (Å²) in [5.74, 6) is -0.258. The second-order valence-corrected chi connectivity index (χ2v) is 4.76. The van der Waals surface area contributed by atoms with Gasteiger partial charge in [0, 0.05) is 18.8 Å². The number of hydrogen-bond acceptors (Lipinski definition) is 2. The zero-order chi connectivity index (χ0) is 14.8. The van der Waals surface area contributed by atoms with Gasteiger partial charge in [0.25, 0.3) is 5.56 Å². The second-order valence-electron chi connectivity index (χ2n) is 4.76. The van der Waals surface area contributed by atoms with Gasteiger partial charge in [-0.3, -0.25) is 14.3 Å². The molecule has 0 unspecified atom stereocenters. The molecule has 0 amide bonds. The van der Waals surface area contributed by atoms with Crippen LogP contribution in [0.4, 0.5) is 0 Å². The van der Waals surface area contributed by atoms with E-state index in [-0.39, 0.29) is 16.9 Å². The van der Waals surface area contributed by atoms with Crippen molar-refractivity contribution in [3.8, 4) is 5.69 Å². The maximum Gasteiger partial charge on any atom is 0.282 e. The molecule has 21 heavy (non-hydrogen) atoms. The molecule has 3 aromatic rings. The second kappa shape index (κ2) is 5.25. The first kappa shape index (κ1) is 13.1. The zero-order valence-corrected chi connectivity index (χ0v) is 11.6. The fourth-order valence-corrected chi connectivity index (χ4v) is 2.33. The van der Waals surface area contributed by atoms with Crippen molar-refractivity contribution in [2.24, 2.45) is 7.05 Å². The number of aryl methyl sites for hydroxylation is 1. The summed E-state index contributed by atoms with van der Waals surface area (Å²) < 4.78 is 3.12. The lowest BCUT2D eigenvalue weighted by Crippen LogP contribution is -2.22. The SMILES string of the molecule is Cn1cc(C(=O)c2ccccc2)c(=O)n1-c1ccccc1. The highest BCUT2D eigenvalue weighted by Crippen LogP contribution is 2.09. The molecule has 0 bridgehead atoms. The number of ketones is 1. The van der Waals surface area contributed by atoms with Gasteiger partial charge in [0.1, 0.15) is 5.56 Å². The summed E-state index contributed by atoms with van der Waals surface area (Å²) in [6, 6.07) is 18.1. The molecule has 0 atom stereocenters. The molecule has 0 spiro atoms. The Morgan fingerprint density at radius 1 is 0.905 bits per heavy atom. The Morgan fingerprint density at radius 3 is 2.10 bits per heavy atom. The summed E-state index contributed by atoms with van der Waals surface area (Å²) in [6.07, 6.45) is 1.57. The minimum Gasteiger partial charge on any atom is -0.288 e. The van der Waals surface area contributed by atoms with Gasteiger partial charge in [-0.2, -0.15) is 0 Å². The standard InChI is InChI=1S/C17H14N2O2/c1-18-12-15(16(20)13-8-4-2-5-9-13)17(21)19(18)14-10-6-3-7-11-14/h2-12H,1H3. The minimum absolute atomic E-state index is 0.174. The molecule has 104 valence electrons. The Kier molecular flexibility index (Phi) is 3.28. The number of carbonyl (C=O) groups is 1. The summed E-state index contributed by atoms with van der Waals surface area (Å²) in [6.45, 7) is 0. The lowest BCUT2D eigenvalue weighted by atomic mass is 10.1. The highest BCUT2D eigenvalue weighted by molar-refractivity contribution is 6.08.